The standard InChI is InChI=1S/C15H26N2O2/c1-17(14-15-6-3-2-4-7-15)10-5-8-16-9-12-19-13-11-18/h2-4,6-7,16,18H,5,8-14H2,1H3. The van der Waals surface area contributed by atoms with Gasteiger partial charge in [0.2, 0.25) is 0 Å². The predicted octanol–water partition coefficient (Wildman–Crippen LogP) is 1.11. The Hall–Kier alpha value is -0.940. The number of nitrogens with one attached hydrogen (secondary N) is 1. The van der Waals surface area contributed by atoms with Crippen molar-refractivity contribution in [1.29, 1.82) is 0 Å². The summed E-state index contributed by atoms with van der Waals surface area (Å²) < 4.78 is 5.17. The van der Waals surface area contributed by atoms with Crippen LogP contribution in [-0.2, 0) is 11.3 Å². The normalized spacial score (nSPS) is 11.1. The molecule has 0 saturated heterocycles. The van der Waals surface area contributed by atoms with Crippen LogP contribution in [0.1, 0.15) is 12.0 Å². The van der Waals surface area contributed by atoms with E-state index in [0.29, 0.717) is 13.2 Å². The zero-order valence-corrected chi connectivity index (χ0v) is 11.8. The molecule has 108 valence electrons. The van der Waals surface area contributed by atoms with Gasteiger partial charge in [-0.05, 0) is 32.1 Å². The van der Waals surface area contributed by atoms with Gasteiger partial charge >= 0.3 is 0 Å². The molecule has 0 unspecified atom stereocenters. The summed E-state index contributed by atoms with van der Waals surface area (Å²) in [6, 6.07) is 10.5. The highest BCUT2D eigenvalue weighted by atomic mass is 16.5. The van der Waals surface area contributed by atoms with E-state index in [9.17, 15) is 0 Å². The molecule has 0 radical (unpaired) electrons. The molecule has 0 atom stereocenters. The number of hydrogen-bond acceptors (Lipinski definition) is 4. The van der Waals surface area contributed by atoms with Crippen LogP contribution in [0, 0.1) is 0 Å². The Morgan fingerprint density at radius 3 is 2.68 bits per heavy atom. The van der Waals surface area contributed by atoms with Gasteiger partial charge in [-0.2, -0.15) is 0 Å². The largest absolute Gasteiger partial charge is 0.394 e. The lowest BCUT2D eigenvalue weighted by molar-refractivity contribution is 0.0938. The fourth-order valence-electron chi connectivity index (χ4n) is 1.88. The summed E-state index contributed by atoms with van der Waals surface area (Å²) in [6.07, 6.45) is 1.13. The minimum atomic E-state index is 0.101. The molecule has 0 aromatic heterocycles. The van der Waals surface area contributed by atoms with Gasteiger partial charge in [0.1, 0.15) is 0 Å². The zero-order valence-electron chi connectivity index (χ0n) is 11.8. The second-order valence-corrected chi connectivity index (χ2v) is 4.66. The van der Waals surface area contributed by atoms with E-state index in [1.807, 2.05) is 6.07 Å². The molecule has 1 aromatic rings. The first-order chi connectivity index (χ1) is 9.33. The summed E-state index contributed by atoms with van der Waals surface area (Å²) in [5, 5.41) is 11.9. The van der Waals surface area contributed by atoms with Crippen molar-refractivity contribution in [1.82, 2.24) is 10.2 Å². The van der Waals surface area contributed by atoms with E-state index in [1.54, 1.807) is 0 Å². The van der Waals surface area contributed by atoms with Gasteiger partial charge in [0, 0.05) is 13.1 Å². The molecular formula is C15H26N2O2. The number of hydrogen-bond donors (Lipinski definition) is 2. The molecule has 4 heteroatoms. The summed E-state index contributed by atoms with van der Waals surface area (Å²) >= 11 is 0. The van der Waals surface area contributed by atoms with Crippen LogP contribution in [0.2, 0.25) is 0 Å². The van der Waals surface area contributed by atoms with Crippen LogP contribution in [0.25, 0.3) is 0 Å². The minimum absolute atomic E-state index is 0.101. The maximum absolute atomic E-state index is 8.54. The lowest BCUT2D eigenvalue weighted by Crippen LogP contribution is -2.26. The first-order valence-corrected chi connectivity index (χ1v) is 6.94. The van der Waals surface area contributed by atoms with Gasteiger partial charge < -0.3 is 20.1 Å². The van der Waals surface area contributed by atoms with Crippen molar-refractivity contribution in [2.45, 2.75) is 13.0 Å². The molecule has 4 nitrogen and oxygen atoms in total. The quantitative estimate of drug-likeness (QED) is 0.589. The van der Waals surface area contributed by atoms with Crippen molar-refractivity contribution in [3.8, 4) is 0 Å². The molecule has 1 rings (SSSR count). The Balaban J connectivity index is 1.94. The second kappa shape index (κ2) is 10.9. The number of nitrogens with zero attached hydrogens (tertiary/aromatic N) is 1. The van der Waals surface area contributed by atoms with Gasteiger partial charge in [-0.1, -0.05) is 30.3 Å². The molecule has 2 N–H and O–H groups in total. The highest BCUT2D eigenvalue weighted by Crippen LogP contribution is 2.02. The van der Waals surface area contributed by atoms with E-state index in [2.05, 4.69) is 41.5 Å². The molecule has 0 aliphatic heterocycles. The molecule has 0 fully saturated rings. The van der Waals surface area contributed by atoms with Gasteiger partial charge in [-0.25, -0.2) is 0 Å². The molecule has 0 amide bonds. The minimum Gasteiger partial charge on any atom is -0.394 e. The Labute approximate surface area is 116 Å². The number of ether oxygens (including phenoxy) is 1. The predicted molar refractivity (Wildman–Crippen MR) is 78.2 cm³/mol. The van der Waals surface area contributed by atoms with E-state index >= 15 is 0 Å². The highest BCUT2D eigenvalue weighted by molar-refractivity contribution is 5.14. The SMILES string of the molecule is CN(CCCNCCOCCO)Cc1ccccc1. The summed E-state index contributed by atoms with van der Waals surface area (Å²) in [6.45, 7) is 5.13. The van der Waals surface area contributed by atoms with Crippen molar-refractivity contribution in [3.63, 3.8) is 0 Å². The fraction of sp³-hybridized carbons (Fsp3) is 0.600. The smallest absolute Gasteiger partial charge is 0.0698 e. The fourth-order valence-corrected chi connectivity index (χ4v) is 1.88. The number of aliphatic hydroxyl groups is 1. The third-order valence-electron chi connectivity index (χ3n) is 2.85. The van der Waals surface area contributed by atoms with Crippen molar-refractivity contribution >= 4 is 0 Å². The first kappa shape index (κ1) is 16.1. The summed E-state index contributed by atoms with van der Waals surface area (Å²) in [7, 11) is 2.15. The van der Waals surface area contributed by atoms with Gasteiger partial charge in [0.15, 0.2) is 0 Å². The summed E-state index contributed by atoms with van der Waals surface area (Å²) in [5.41, 5.74) is 1.36. The molecule has 1 aromatic carbocycles. The first-order valence-electron chi connectivity index (χ1n) is 6.94. The molecule has 0 bridgehead atoms. The number of aliphatic hydroxyl groups excluding tert-OH is 1. The monoisotopic (exact) mass is 266 g/mol. The zero-order chi connectivity index (χ0) is 13.8. The van der Waals surface area contributed by atoms with Crippen LogP contribution in [0.3, 0.4) is 0 Å². The van der Waals surface area contributed by atoms with Crippen LogP contribution in [-0.4, -0.2) is 56.5 Å². The van der Waals surface area contributed by atoms with Gasteiger partial charge in [-0.3, -0.25) is 0 Å². The van der Waals surface area contributed by atoms with Gasteiger partial charge in [-0.15, -0.1) is 0 Å². The third kappa shape index (κ3) is 8.72. The molecule has 19 heavy (non-hydrogen) atoms. The van der Waals surface area contributed by atoms with Crippen molar-refractivity contribution < 1.29 is 9.84 Å². The maximum Gasteiger partial charge on any atom is 0.0698 e. The molecule has 0 aliphatic carbocycles. The Morgan fingerprint density at radius 1 is 1.16 bits per heavy atom. The molecule has 0 aliphatic rings. The average molecular weight is 266 g/mol. The Kier molecular flexibility index (Phi) is 9.27. The van der Waals surface area contributed by atoms with E-state index < -0.39 is 0 Å². The highest BCUT2D eigenvalue weighted by Gasteiger charge is 1.99. The Bertz CT molecular complexity index is 306. The topological polar surface area (TPSA) is 44.7 Å². The third-order valence-corrected chi connectivity index (χ3v) is 2.85. The van der Waals surface area contributed by atoms with E-state index in [1.165, 1.54) is 5.56 Å². The van der Waals surface area contributed by atoms with Gasteiger partial charge in [0.25, 0.3) is 0 Å². The van der Waals surface area contributed by atoms with Crippen molar-refractivity contribution in [3.05, 3.63) is 35.9 Å². The molecular weight excluding hydrogens is 240 g/mol. The van der Waals surface area contributed by atoms with Gasteiger partial charge in [0.05, 0.1) is 19.8 Å². The van der Waals surface area contributed by atoms with E-state index in [0.717, 1.165) is 32.6 Å². The average Bonchev–Trinajstić information content (AvgIpc) is 2.43. The van der Waals surface area contributed by atoms with Crippen LogP contribution in [0.5, 0.6) is 0 Å². The number of benzene rings is 1. The second-order valence-electron chi connectivity index (χ2n) is 4.66. The van der Waals surface area contributed by atoms with Crippen LogP contribution >= 0.6 is 0 Å². The maximum atomic E-state index is 8.54. The van der Waals surface area contributed by atoms with Crippen molar-refractivity contribution in [2.75, 3.05) is 46.5 Å². The van der Waals surface area contributed by atoms with Crippen molar-refractivity contribution in [2.24, 2.45) is 0 Å². The van der Waals surface area contributed by atoms with Crippen LogP contribution in [0.15, 0.2) is 30.3 Å². The molecule has 0 heterocycles. The van der Waals surface area contributed by atoms with E-state index in [-0.39, 0.29) is 6.61 Å². The summed E-state index contributed by atoms with van der Waals surface area (Å²) in [4.78, 5) is 2.33. The van der Waals surface area contributed by atoms with Crippen LogP contribution in [0.4, 0.5) is 0 Å². The lowest BCUT2D eigenvalue weighted by Gasteiger charge is -2.16. The summed E-state index contributed by atoms with van der Waals surface area (Å²) in [5.74, 6) is 0. The Morgan fingerprint density at radius 2 is 1.95 bits per heavy atom. The lowest BCUT2D eigenvalue weighted by atomic mass is 10.2. The molecule has 0 spiro atoms. The number of rotatable bonds is 11. The molecule has 0 saturated carbocycles. The van der Waals surface area contributed by atoms with Crippen LogP contribution < -0.4 is 5.32 Å². The van der Waals surface area contributed by atoms with E-state index in [4.69, 9.17) is 9.84 Å².